The Kier molecular flexibility index (Phi) is 6.73. The predicted molar refractivity (Wildman–Crippen MR) is 99.6 cm³/mol. The summed E-state index contributed by atoms with van der Waals surface area (Å²) in [6.45, 7) is 3.26. The van der Waals surface area contributed by atoms with E-state index in [0.717, 1.165) is 5.69 Å². The van der Waals surface area contributed by atoms with Crippen molar-refractivity contribution in [3.05, 3.63) is 47.9 Å². The van der Waals surface area contributed by atoms with Crippen LogP contribution in [0.15, 0.2) is 52.9 Å². The monoisotopic (exact) mass is 344 g/mol. The average Bonchev–Trinajstić information content (AvgIpc) is 2.60. The fourth-order valence-corrected chi connectivity index (χ4v) is 2.45. The lowest BCUT2D eigenvalue weighted by Crippen LogP contribution is -2.29. The molecule has 0 saturated heterocycles. The van der Waals surface area contributed by atoms with Gasteiger partial charge in [-0.3, -0.25) is 5.41 Å². The van der Waals surface area contributed by atoms with Gasteiger partial charge in [-0.15, -0.1) is 0 Å². The Hall–Kier alpha value is -2.64. The molecule has 0 amide bonds. The molecule has 0 aromatic heterocycles. The van der Waals surface area contributed by atoms with E-state index < -0.39 is 0 Å². The van der Waals surface area contributed by atoms with Crippen molar-refractivity contribution in [3.8, 4) is 0 Å². The molecule has 0 atom stereocenters. The Morgan fingerprint density at radius 2 is 1.76 bits per heavy atom. The molecule has 2 rings (SSSR count). The molecule has 25 heavy (non-hydrogen) atoms. The Bertz CT molecular complexity index is 687. The second-order valence-corrected chi connectivity index (χ2v) is 5.40. The zero-order valence-electron chi connectivity index (χ0n) is 14.3. The maximum Gasteiger partial charge on any atom is 0.146 e. The van der Waals surface area contributed by atoms with E-state index in [-0.39, 0.29) is 18.9 Å². The van der Waals surface area contributed by atoms with Crippen molar-refractivity contribution >= 4 is 22.8 Å². The Balaban J connectivity index is 2.22. The van der Waals surface area contributed by atoms with Crippen LogP contribution >= 0.6 is 0 Å². The lowest BCUT2D eigenvalue weighted by molar-refractivity contribution is 0.250. The Labute approximate surface area is 147 Å². The highest BCUT2D eigenvalue weighted by atomic mass is 16.5. The van der Waals surface area contributed by atoms with Gasteiger partial charge >= 0.3 is 0 Å². The number of aliphatic imine (C=N–C) groups is 1. The number of nitrogens with one attached hydrogen (secondary N) is 1. The van der Waals surface area contributed by atoms with Crippen LogP contribution in [-0.2, 0) is 4.74 Å². The van der Waals surface area contributed by atoms with E-state index in [2.05, 4.69) is 4.99 Å². The highest BCUT2D eigenvalue weighted by molar-refractivity contribution is 6.22. The van der Waals surface area contributed by atoms with Crippen molar-refractivity contribution in [2.45, 2.75) is 6.92 Å². The van der Waals surface area contributed by atoms with Gasteiger partial charge in [0.25, 0.3) is 0 Å². The minimum atomic E-state index is 0.0162. The average molecular weight is 344 g/mol. The summed E-state index contributed by atoms with van der Waals surface area (Å²) >= 11 is 0. The van der Waals surface area contributed by atoms with Crippen molar-refractivity contribution in [2.75, 3.05) is 37.8 Å². The largest absolute Gasteiger partial charge is 0.492 e. The number of rotatable bonds is 8. The Morgan fingerprint density at radius 1 is 1.12 bits per heavy atom. The third kappa shape index (κ3) is 4.91. The number of aliphatic hydroxyl groups excluding tert-OH is 2. The number of aliphatic hydroxyl groups is 2. The van der Waals surface area contributed by atoms with E-state index in [9.17, 15) is 0 Å². The van der Waals surface area contributed by atoms with Crippen LogP contribution in [0.5, 0.6) is 0 Å². The molecule has 7 nitrogen and oxygen atoms in total. The maximum atomic E-state index is 9.11. The van der Waals surface area contributed by atoms with Crippen LogP contribution < -0.4 is 10.6 Å². The van der Waals surface area contributed by atoms with Crippen LogP contribution in [0.2, 0.25) is 0 Å². The molecule has 1 aliphatic carbocycles. The molecular formula is C18H24N4O3. The Morgan fingerprint density at radius 3 is 2.32 bits per heavy atom. The summed E-state index contributed by atoms with van der Waals surface area (Å²) in [5.41, 5.74) is 8.77. The SMILES string of the molecule is CCOC1=CC(=Nc2ccc(N(CCO)CCO)cc2)C(N)=CC1=N. The second kappa shape index (κ2) is 9.00. The minimum absolute atomic E-state index is 0.0162. The van der Waals surface area contributed by atoms with Crippen molar-refractivity contribution in [1.82, 2.24) is 0 Å². The summed E-state index contributed by atoms with van der Waals surface area (Å²) in [6.07, 6.45) is 3.20. The first-order chi connectivity index (χ1) is 12.1. The number of ether oxygens (including phenoxy) is 1. The second-order valence-electron chi connectivity index (χ2n) is 5.40. The van der Waals surface area contributed by atoms with Gasteiger partial charge in [-0.05, 0) is 37.3 Å². The molecule has 1 aromatic rings. The van der Waals surface area contributed by atoms with Crippen molar-refractivity contribution < 1.29 is 14.9 Å². The van der Waals surface area contributed by atoms with E-state index in [0.29, 0.717) is 42.6 Å². The van der Waals surface area contributed by atoms with Crippen molar-refractivity contribution in [1.29, 1.82) is 5.41 Å². The third-order valence-electron chi connectivity index (χ3n) is 3.63. The van der Waals surface area contributed by atoms with Gasteiger partial charge in [0.2, 0.25) is 0 Å². The number of nitrogens with two attached hydrogens (primary N) is 1. The standard InChI is InChI=1S/C18H24N4O3/c1-2-25-18-12-17(15(19)11-16(18)20)21-13-3-5-14(6-4-13)22(7-9-23)8-10-24/h3-6,11-12,20,23-24H,2,7-10,19H2,1H3. The molecule has 0 radical (unpaired) electrons. The molecule has 0 unspecified atom stereocenters. The van der Waals surface area contributed by atoms with Gasteiger partial charge in [-0.25, -0.2) is 4.99 Å². The summed E-state index contributed by atoms with van der Waals surface area (Å²) in [6, 6.07) is 7.43. The fourth-order valence-electron chi connectivity index (χ4n) is 2.45. The van der Waals surface area contributed by atoms with E-state index >= 15 is 0 Å². The quantitative estimate of drug-likeness (QED) is 0.531. The van der Waals surface area contributed by atoms with Crippen LogP contribution in [0.4, 0.5) is 11.4 Å². The number of allylic oxidation sites excluding steroid dienone is 2. The highest BCUT2D eigenvalue weighted by Gasteiger charge is 2.15. The first-order valence-corrected chi connectivity index (χ1v) is 8.15. The lowest BCUT2D eigenvalue weighted by Gasteiger charge is -2.22. The van der Waals surface area contributed by atoms with E-state index in [1.165, 1.54) is 6.08 Å². The molecular weight excluding hydrogens is 320 g/mol. The molecule has 1 aliphatic rings. The molecule has 1 aromatic carbocycles. The van der Waals surface area contributed by atoms with Gasteiger partial charge in [0.15, 0.2) is 0 Å². The molecule has 134 valence electrons. The summed E-state index contributed by atoms with van der Waals surface area (Å²) in [4.78, 5) is 6.40. The van der Waals surface area contributed by atoms with Crippen molar-refractivity contribution in [3.63, 3.8) is 0 Å². The predicted octanol–water partition coefficient (Wildman–Crippen LogP) is 1.35. The zero-order valence-corrected chi connectivity index (χ0v) is 14.3. The van der Waals surface area contributed by atoms with E-state index in [4.69, 9.17) is 26.1 Å². The molecule has 5 N–H and O–H groups in total. The number of benzene rings is 1. The van der Waals surface area contributed by atoms with Crippen LogP contribution in [-0.4, -0.2) is 54.5 Å². The molecule has 0 heterocycles. The van der Waals surface area contributed by atoms with E-state index in [1.54, 1.807) is 6.08 Å². The number of hydrogen-bond acceptors (Lipinski definition) is 7. The van der Waals surface area contributed by atoms with Crippen LogP contribution in [0.3, 0.4) is 0 Å². The van der Waals surface area contributed by atoms with Gasteiger partial charge < -0.3 is 25.6 Å². The van der Waals surface area contributed by atoms with Crippen LogP contribution in [0.25, 0.3) is 0 Å². The minimum Gasteiger partial charge on any atom is -0.492 e. The molecule has 0 aliphatic heterocycles. The maximum absolute atomic E-state index is 9.11. The first-order valence-electron chi connectivity index (χ1n) is 8.15. The lowest BCUT2D eigenvalue weighted by atomic mass is 10.1. The fraction of sp³-hybridized carbons (Fsp3) is 0.333. The summed E-state index contributed by atoms with van der Waals surface area (Å²) in [7, 11) is 0. The molecule has 0 spiro atoms. The summed E-state index contributed by atoms with van der Waals surface area (Å²) in [5.74, 6) is 0.448. The highest BCUT2D eigenvalue weighted by Crippen LogP contribution is 2.22. The van der Waals surface area contributed by atoms with E-state index in [1.807, 2.05) is 36.1 Å². The van der Waals surface area contributed by atoms with Crippen LogP contribution in [0, 0.1) is 5.41 Å². The molecule has 0 saturated carbocycles. The number of nitrogens with zero attached hydrogens (tertiary/aromatic N) is 2. The van der Waals surface area contributed by atoms with Gasteiger partial charge in [0.05, 0.1) is 42.6 Å². The topological polar surface area (TPSA) is 115 Å². The summed E-state index contributed by atoms with van der Waals surface area (Å²) in [5, 5.41) is 26.1. The third-order valence-corrected chi connectivity index (χ3v) is 3.63. The molecule has 0 fully saturated rings. The van der Waals surface area contributed by atoms with Gasteiger partial charge in [-0.2, -0.15) is 0 Å². The van der Waals surface area contributed by atoms with Gasteiger partial charge in [0, 0.05) is 24.9 Å². The van der Waals surface area contributed by atoms with Crippen molar-refractivity contribution in [2.24, 2.45) is 10.7 Å². The van der Waals surface area contributed by atoms with Crippen LogP contribution in [0.1, 0.15) is 6.92 Å². The zero-order chi connectivity index (χ0) is 18.2. The first kappa shape index (κ1) is 18.7. The summed E-state index contributed by atoms with van der Waals surface area (Å²) < 4.78 is 5.42. The molecule has 7 heteroatoms. The smallest absolute Gasteiger partial charge is 0.146 e. The normalized spacial score (nSPS) is 15.8. The molecule has 0 bridgehead atoms. The number of hydrogen-bond donors (Lipinski definition) is 4. The van der Waals surface area contributed by atoms with Gasteiger partial charge in [0.1, 0.15) is 5.76 Å². The van der Waals surface area contributed by atoms with Gasteiger partial charge in [-0.1, -0.05) is 0 Å². The number of anilines is 1.